The van der Waals surface area contributed by atoms with Crippen molar-refractivity contribution in [2.45, 2.75) is 24.4 Å². The zero-order chi connectivity index (χ0) is 30.0. The van der Waals surface area contributed by atoms with Gasteiger partial charge in [0, 0.05) is 30.6 Å². The second kappa shape index (κ2) is 9.62. The molecule has 0 saturated heterocycles. The molecule has 3 N–H and O–H groups in total. The number of ketones is 1. The number of carbonyl (C=O) groups excluding carboxylic acids is 1. The summed E-state index contributed by atoms with van der Waals surface area (Å²) in [5.74, 6) is -3.51. The van der Waals surface area contributed by atoms with Crippen LogP contribution in [0, 0.1) is 24.4 Å². The molecular formula is C30H24F3N5O3S. The zero-order valence-electron chi connectivity index (χ0n) is 22.6. The largest absolute Gasteiger partial charge is 0.365 e. The summed E-state index contributed by atoms with van der Waals surface area (Å²) in [6, 6.07) is 11.5. The van der Waals surface area contributed by atoms with Crippen molar-refractivity contribution in [2.75, 3.05) is 4.72 Å². The summed E-state index contributed by atoms with van der Waals surface area (Å²) in [7, 11) is -2.52. The van der Waals surface area contributed by atoms with Gasteiger partial charge < -0.3 is 15.2 Å². The lowest BCUT2D eigenvalue weighted by Gasteiger charge is -2.32. The number of Topliss-reactive ketones (excluding diaryl/α,β-unsaturated/α-hetero) is 1. The van der Waals surface area contributed by atoms with Crippen molar-refractivity contribution in [3.63, 3.8) is 0 Å². The Balaban J connectivity index is 1.35. The van der Waals surface area contributed by atoms with Crippen LogP contribution >= 0.6 is 0 Å². The molecule has 0 fully saturated rings. The predicted molar refractivity (Wildman–Crippen MR) is 152 cm³/mol. The standard InChI is InChI=1S/C30H24F3N5O3S/c1-16-36-25-12-17(7-10-26(25)38(16)3)18-11-22-21(15-35-30(22,2)34-14-18)29(39)27-23(32)8-9-24(28(27)33)37-42(40,41)20-6-4-5-19(31)13-20/h4-15,34-35,37H,1-3H3. The molecule has 1 unspecified atom stereocenters. The predicted octanol–water partition coefficient (Wildman–Crippen LogP) is 5.06. The van der Waals surface area contributed by atoms with Crippen molar-refractivity contribution in [1.82, 2.24) is 20.2 Å². The van der Waals surface area contributed by atoms with Crippen LogP contribution in [0.5, 0.6) is 0 Å². The van der Waals surface area contributed by atoms with E-state index in [0.717, 1.165) is 52.8 Å². The number of hydrogen-bond donors (Lipinski definition) is 3. The van der Waals surface area contributed by atoms with Gasteiger partial charge in [-0.05, 0) is 73.5 Å². The monoisotopic (exact) mass is 591 g/mol. The zero-order valence-corrected chi connectivity index (χ0v) is 23.4. The number of sulfonamides is 1. The molecule has 0 spiro atoms. The first-order chi connectivity index (χ1) is 19.9. The van der Waals surface area contributed by atoms with Crippen LogP contribution in [0.2, 0.25) is 0 Å². The molecule has 0 aliphatic carbocycles. The number of rotatable bonds is 6. The second-order valence-electron chi connectivity index (χ2n) is 10.2. The molecular weight excluding hydrogens is 567 g/mol. The van der Waals surface area contributed by atoms with Crippen LogP contribution in [0.3, 0.4) is 0 Å². The molecule has 1 atom stereocenters. The summed E-state index contributed by atoms with van der Waals surface area (Å²) >= 11 is 0. The van der Waals surface area contributed by atoms with Gasteiger partial charge in [0.1, 0.15) is 23.1 Å². The van der Waals surface area contributed by atoms with Crippen LogP contribution in [-0.4, -0.2) is 29.4 Å². The molecule has 3 heterocycles. The molecule has 0 saturated carbocycles. The Morgan fingerprint density at radius 3 is 2.55 bits per heavy atom. The van der Waals surface area contributed by atoms with E-state index in [1.807, 2.05) is 41.5 Å². The third kappa shape index (κ3) is 4.44. The number of carbonyl (C=O) groups is 1. The highest BCUT2D eigenvalue weighted by Gasteiger charge is 2.40. The average molecular weight is 592 g/mol. The van der Waals surface area contributed by atoms with Gasteiger partial charge in [0.25, 0.3) is 10.0 Å². The van der Waals surface area contributed by atoms with E-state index < -0.39 is 55.1 Å². The highest BCUT2D eigenvalue weighted by Crippen LogP contribution is 2.38. The Labute approximate surface area is 239 Å². The lowest BCUT2D eigenvalue weighted by Crippen LogP contribution is -2.50. The van der Waals surface area contributed by atoms with E-state index in [-0.39, 0.29) is 5.57 Å². The lowest BCUT2D eigenvalue weighted by molar-refractivity contribution is 0.102. The molecule has 1 aromatic heterocycles. The normalized spacial score (nSPS) is 18.0. The van der Waals surface area contributed by atoms with Crippen LogP contribution in [0.25, 0.3) is 16.6 Å². The summed E-state index contributed by atoms with van der Waals surface area (Å²) in [6.07, 6.45) is 4.90. The summed E-state index contributed by atoms with van der Waals surface area (Å²) in [6.45, 7) is 3.67. The molecule has 4 aromatic rings. The van der Waals surface area contributed by atoms with Crippen molar-refractivity contribution in [3.8, 4) is 0 Å². The first-order valence-electron chi connectivity index (χ1n) is 12.8. The maximum Gasteiger partial charge on any atom is 0.262 e. The SMILES string of the molecule is Cc1nc2cc(C3=CNC4(C)NC=C(C(=O)c5c(F)ccc(NS(=O)(=O)c6cccc(F)c6)c5F)C4=C3)ccc2n1C. The summed E-state index contributed by atoms with van der Waals surface area (Å²) in [5.41, 5.74) is 1.17. The Morgan fingerprint density at radius 1 is 1.02 bits per heavy atom. The molecule has 0 radical (unpaired) electrons. The summed E-state index contributed by atoms with van der Waals surface area (Å²) in [4.78, 5) is 17.8. The maximum atomic E-state index is 15.6. The van der Waals surface area contributed by atoms with Gasteiger partial charge in [0.2, 0.25) is 5.78 Å². The van der Waals surface area contributed by atoms with Crippen molar-refractivity contribution < 1.29 is 26.4 Å². The quantitative estimate of drug-likeness (QED) is 0.271. The molecule has 42 heavy (non-hydrogen) atoms. The third-order valence-corrected chi connectivity index (χ3v) is 8.86. The smallest absolute Gasteiger partial charge is 0.262 e. The highest BCUT2D eigenvalue weighted by molar-refractivity contribution is 7.92. The minimum absolute atomic E-state index is 0.00621. The van der Waals surface area contributed by atoms with E-state index in [1.165, 1.54) is 12.3 Å². The molecule has 3 aromatic carbocycles. The minimum atomic E-state index is -4.44. The Morgan fingerprint density at radius 2 is 1.79 bits per heavy atom. The number of hydrogen-bond acceptors (Lipinski definition) is 6. The van der Waals surface area contributed by atoms with Crippen LogP contribution < -0.4 is 15.4 Å². The minimum Gasteiger partial charge on any atom is -0.365 e. The van der Waals surface area contributed by atoms with Gasteiger partial charge in [-0.2, -0.15) is 0 Å². The van der Waals surface area contributed by atoms with Crippen molar-refractivity contribution in [2.24, 2.45) is 7.05 Å². The van der Waals surface area contributed by atoms with Crippen molar-refractivity contribution in [3.05, 3.63) is 119 Å². The maximum absolute atomic E-state index is 15.6. The number of halogens is 3. The topological polar surface area (TPSA) is 105 Å². The number of aromatic nitrogens is 2. The number of anilines is 1. The van der Waals surface area contributed by atoms with Gasteiger partial charge >= 0.3 is 0 Å². The van der Waals surface area contributed by atoms with E-state index in [1.54, 1.807) is 19.2 Å². The first kappa shape index (κ1) is 27.3. The fraction of sp³-hybridized carbons (Fsp3) is 0.133. The number of nitrogens with zero attached hydrogens (tertiary/aromatic N) is 2. The molecule has 214 valence electrons. The number of imidazole rings is 1. The first-order valence-corrected chi connectivity index (χ1v) is 14.3. The number of benzene rings is 3. The number of dihydropyridines is 1. The van der Waals surface area contributed by atoms with Gasteiger partial charge in [0.05, 0.1) is 27.2 Å². The summed E-state index contributed by atoms with van der Waals surface area (Å²) in [5, 5.41) is 6.27. The number of nitrogens with one attached hydrogen (secondary N) is 3. The molecule has 0 amide bonds. The number of aryl methyl sites for hydroxylation is 2. The van der Waals surface area contributed by atoms with Crippen LogP contribution in [0.4, 0.5) is 18.9 Å². The van der Waals surface area contributed by atoms with Gasteiger partial charge in [-0.1, -0.05) is 12.1 Å². The number of allylic oxidation sites excluding steroid dienone is 2. The number of fused-ring (bicyclic) bond motifs is 2. The molecule has 0 bridgehead atoms. The summed E-state index contributed by atoms with van der Waals surface area (Å²) < 4.78 is 73.7. The van der Waals surface area contributed by atoms with Crippen molar-refractivity contribution in [1.29, 1.82) is 0 Å². The molecule has 6 rings (SSSR count). The van der Waals surface area contributed by atoms with E-state index in [4.69, 9.17) is 0 Å². The average Bonchev–Trinajstić information content (AvgIpc) is 3.44. The Bertz CT molecular complexity index is 2030. The van der Waals surface area contributed by atoms with Crippen molar-refractivity contribution >= 4 is 38.1 Å². The lowest BCUT2D eigenvalue weighted by atomic mass is 9.87. The van der Waals surface area contributed by atoms with Crippen LogP contribution in [0.1, 0.15) is 28.7 Å². The molecule has 8 nitrogen and oxygen atoms in total. The van der Waals surface area contributed by atoms with Crippen LogP contribution in [-0.2, 0) is 17.1 Å². The van der Waals surface area contributed by atoms with E-state index >= 15 is 4.39 Å². The Hall–Kier alpha value is -4.84. The van der Waals surface area contributed by atoms with E-state index in [9.17, 15) is 22.0 Å². The fourth-order valence-corrected chi connectivity index (χ4v) is 6.16. The fourth-order valence-electron chi connectivity index (χ4n) is 5.07. The third-order valence-electron chi connectivity index (χ3n) is 7.50. The van der Waals surface area contributed by atoms with Gasteiger partial charge in [0.15, 0.2) is 5.82 Å². The highest BCUT2D eigenvalue weighted by atomic mass is 32.2. The van der Waals surface area contributed by atoms with E-state index in [0.29, 0.717) is 11.1 Å². The van der Waals surface area contributed by atoms with Gasteiger partial charge in [-0.3, -0.25) is 9.52 Å². The van der Waals surface area contributed by atoms with Gasteiger partial charge in [-0.25, -0.2) is 26.6 Å². The van der Waals surface area contributed by atoms with Crippen LogP contribution in [0.15, 0.2) is 89.1 Å². The second-order valence-corrected chi connectivity index (χ2v) is 11.9. The van der Waals surface area contributed by atoms with Gasteiger partial charge in [-0.15, -0.1) is 0 Å². The Kier molecular flexibility index (Phi) is 6.26. The molecule has 2 aliphatic heterocycles. The molecule has 2 aliphatic rings. The molecule has 12 heteroatoms. The van der Waals surface area contributed by atoms with E-state index in [2.05, 4.69) is 15.6 Å².